The summed E-state index contributed by atoms with van der Waals surface area (Å²) in [6, 6.07) is 7.45. The minimum Gasteiger partial charge on any atom is -0.426 e. The van der Waals surface area contributed by atoms with Crippen molar-refractivity contribution in [1.29, 1.82) is 0 Å². The van der Waals surface area contributed by atoms with E-state index in [1.807, 2.05) is 26.0 Å². The summed E-state index contributed by atoms with van der Waals surface area (Å²) in [5, 5.41) is 0.647. The van der Waals surface area contributed by atoms with Crippen molar-refractivity contribution in [3.63, 3.8) is 0 Å². The molecule has 0 atom stereocenters. The first-order chi connectivity index (χ1) is 12.0. The van der Waals surface area contributed by atoms with Gasteiger partial charge in [0.1, 0.15) is 10.6 Å². The number of hydrogen-bond donors (Lipinski definition) is 0. The number of ether oxygens (including phenoxy) is 1. The van der Waals surface area contributed by atoms with Crippen molar-refractivity contribution in [2.24, 2.45) is 0 Å². The van der Waals surface area contributed by atoms with Crippen molar-refractivity contribution in [2.75, 3.05) is 0 Å². The van der Waals surface area contributed by atoms with Crippen molar-refractivity contribution in [3.05, 3.63) is 57.0 Å². The second-order valence-electron chi connectivity index (χ2n) is 5.93. The Morgan fingerprint density at radius 3 is 2.64 bits per heavy atom. The van der Waals surface area contributed by atoms with Crippen molar-refractivity contribution in [1.82, 2.24) is 9.55 Å². The van der Waals surface area contributed by atoms with Gasteiger partial charge in [0, 0.05) is 11.4 Å². The summed E-state index contributed by atoms with van der Waals surface area (Å²) in [6.45, 7) is 6.23. The minimum atomic E-state index is -0.366. The lowest BCUT2D eigenvalue weighted by atomic mass is 10.2. The largest absolute Gasteiger partial charge is 0.426 e. The van der Waals surface area contributed by atoms with Gasteiger partial charge in [-0.2, -0.15) is 0 Å². The average Bonchev–Trinajstić information content (AvgIpc) is 2.90. The van der Waals surface area contributed by atoms with Gasteiger partial charge in [-0.3, -0.25) is 14.2 Å². The number of esters is 1. The molecule has 0 bridgehead atoms. The first-order valence-corrected chi connectivity index (χ1v) is 9.06. The number of aryl methyl sites for hydroxylation is 4. The highest BCUT2D eigenvalue weighted by molar-refractivity contribution is 7.18. The van der Waals surface area contributed by atoms with Gasteiger partial charge in [-0.15, -0.1) is 11.3 Å². The minimum absolute atomic E-state index is 0.105. The Morgan fingerprint density at radius 1 is 1.24 bits per heavy atom. The molecule has 0 aliphatic heterocycles. The van der Waals surface area contributed by atoms with Crippen LogP contribution in [0.5, 0.6) is 5.75 Å². The molecular formula is C19H20N2O3S. The van der Waals surface area contributed by atoms with Crippen LogP contribution >= 0.6 is 11.3 Å². The zero-order valence-corrected chi connectivity index (χ0v) is 15.4. The number of aromatic nitrogens is 2. The summed E-state index contributed by atoms with van der Waals surface area (Å²) in [5.74, 6) is 0.155. The van der Waals surface area contributed by atoms with Crippen molar-refractivity contribution < 1.29 is 9.53 Å². The first-order valence-electron chi connectivity index (χ1n) is 8.24. The summed E-state index contributed by atoms with van der Waals surface area (Å²) in [7, 11) is 0. The molecule has 2 aromatic heterocycles. The first kappa shape index (κ1) is 17.4. The molecule has 25 heavy (non-hydrogen) atoms. The van der Waals surface area contributed by atoms with E-state index in [1.54, 1.807) is 12.1 Å². The Bertz CT molecular complexity index is 971. The third kappa shape index (κ3) is 3.64. The lowest BCUT2D eigenvalue weighted by Crippen LogP contribution is -2.23. The Balaban J connectivity index is 1.69. The molecule has 2 heterocycles. The van der Waals surface area contributed by atoms with E-state index in [9.17, 15) is 9.59 Å². The van der Waals surface area contributed by atoms with Crippen LogP contribution in [0, 0.1) is 13.8 Å². The van der Waals surface area contributed by atoms with Crippen LogP contribution in [0.25, 0.3) is 10.2 Å². The molecule has 0 unspecified atom stereocenters. The zero-order valence-electron chi connectivity index (χ0n) is 14.5. The molecule has 0 saturated heterocycles. The van der Waals surface area contributed by atoms with Gasteiger partial charge in [0.2, 0.25) is 0 Å². The van der Waals surface area contributed by atoms with Crippen molar-refractivity contribution in [3.8, 4) is 5.75 Å². The lowest BCUT2D eigenvalue weighted by Gasteiger charge is -2.07. The molecule has 1 aromatic carbocycles. The van der Waals surface area contributed by atoms with E-state index in [0.29, 0.717) is 11.1 Å². The van der Waals surface area contributed by atoms with Crippen molar-refractivity contribution in [2.45, 2.75) is 40.2 Å². The Hall–Kier alpha value is -2.47. The molecule has 0 fully saturated rings. The number of fused-ring (bicyclic) bond motifs is 1. The summed E-state index contributed by atoms with van der Waals surface area (Å²) >= 11 is 1.51. The van der Waals surface area contributed by atoms with E-state index in [2.05, 4.69) is 11.9 Å². The normalized spacial score (nSPS) is 11.0. The summed E-state index contributed by atoms with van der Waals surface area (Å²) in [5.41, 5.74) is 2.05. The van der Waals surface area contributed by atoms with E-state index in [4.69, 9.17) is 4.74 Å². The van der Waals surface area contributed by atoms with E-state index in [0.717, 1.165) is 21.7 Å². The number of carbonyl (C=O) groups is 1. The van der Waals surface area contributed by atoms with Crippen LogP contribution in [0.4, 0.5) is 0 Å². The zero-order chi connectivity index (χ0) is 18.0. The molecule has 0 aliphatic rings. The molecule has 0 N–H and O–H groups in total. The van der Waals surface area contributed by atoms with Gasteiger partial charge in [-0.05, 0) is 43.5 Å². The monoisotopic (exact) mass is 356 g/mol. The van der Waals surface area contributed by atoms with Crippen LogP contribution in [0.1, 0.15) is 29.3 Å². The predicted octanol–water partition coefficient (Wildman–Crippen LogP) is 3.63. The number of rotatable bonds is 5. The van der Waals surface area contributed by atoms with Gasteiger partial charge < -0.3 is 4.74 Å². The molecule has 3 aromatic rings. The Labute approximate surface area is 149 Å². The molecule has 0 amide bonds. The van der Waals surface area contributed by atoms with Gasteiger partial charge in [0.15, 0.2) is 0 Å². The maximum atomic E-state index is 12.6. The van der Waals surface area contributed by atoms with E-state index in [1.165, 1.54) is 27.8 Å². The maximum Gasteiger partial charge on any atom is 0.312 e. The predicted molar refractivity (Wildman–Crippen MR) is 99.4 cm³/mol. The molecule has 0 saturated carbocycles. The van der Waals surface area contributed by atoms with Crippen LogP contribution in [-0.2, 0) is 17.8 Å². The van der Waals surface area contributed by atoms with E-state index < -0.39 is 0 Å². The fraction of sp³-hybridized carbons (Fsp3) is 0.316. The van der Waals surface area contributed by atoms with E-state index >= 15 is 0 Å². The molecular weight excluding hydrogens is 336 g/mol. The Morgan fingerprint density at radius 2 is 1.96 bits per heavy atom. The fourth-order valence-electron chi connectivity index (χ4n) is 2.62. The highest BCUT2D eigenvalue weighted by Crippen LogP contribution is 2.25. The highest BCUT2D eigenvalue weighted by Gasteiger charge is 2.13. The van der Waals surface area contributed by atoms with Crippen LogP contribution in [0.2, 0.25) is 0 Å². The highest BCUT2D eigenvalue weighted by atomic mass is 32.1. The van der Waals surface area contributed by atoms with Crippen LogP contribution in [-0.4, -0.2) is 15.5 Å². The summed E-state index contributed by atoms with van der Waals surface area (Å²) in [4.78, 5) is 30.8. The standard InChI is InChI=1S/C19H20N2O3S/c1-4-14-5-7-15(8-6-14)24-16(22)9-10-21-11-20-18-17(19(21)23)12(2)13(3)25-18/h5-8,11H,4,9-10H2,1-3H3. The number of nitrogens with zero attached hydrogens (tertiary/aromatic N) is 2. The topological polar surface area (TPSA) is 61.2 Å². The quantitative estimate of drug-likeness (QED) is 0.517. The lowest BCUT2D eigenvalue weighted by molar-refractivity contribution is -0.134. The van der Waals surface area contributed by atoms with Gasteiger partial charge in [0.25, 0.3) is 5.56 Å². The van der Waals surface area contributed by atoms with Gasteiger partial charge in [-0.25, -0.2) is 4.98 Å². The molecule has 130 valence electrons. The van der Waals surface area contributed by atoms with Gasteiger partial charge in [-0.1, -0.05) is 19.1 Å². The number of thiophene rings is 1. The second-order valence-corrected chi connectivity index (χ2v) is 7.13. The molecule has 5 nitrogen and oxygen atoms in total. The third-order valence-corrected chi connectivity index (χ3v) is 5.39. The smallest absolute Gasteiger partial charge is 0.312 e. The number of hydrogen-bond acceptors (Lipinski definition) is 5. The molecule has 6 heteroatoms. The molecule has 0 spiro atoms. The molecule has 0 aliphatic carbocycles. The summed E-state index contributed by atoms with van der Waals surface area (Å²) < 4.78 is 6.79. The molecule has 0 radical (unpaired) electrons. The number of carbonyl (C=O) groups excluding carboxylic acids is 1. The van der Waals surface area contributed by atoms with Crippen LogP contribution < -0.4 is 10.3 Å². The third-order valence-electron chi connectivity index (χ3n) is 4.28. The van der Waals surface area contributed by atoms with Crippen LogP contribution in [0.3, 0.4) is 0 Å². The number of benzene rings is 1. The van der Waals surface area contributed by atoms with Gasteiger partial charge >= 0.3 is 5.97 Å². The fourth-order valence-corrected chi connectivity index (χ4v) is 3.60. The van der Waals surface area contributed by atoms with Crippen molar-refractivity contribution >= 4 is 27.5 Å². The maximum absolute atomic E-state index is 12.6. The SMILES string of the molecule is CCc1ccc(OC(=O)CCn2cnc3sc(C)c(C)c3c2=O)cc1. The van der Waals surface area contributed by atoms with Gasteiger partial charge in [0.05, 0.1) is 18.1 Å². The van der Waals surface area contributed by atoms with Crippen LogP contribution in [0.15, 0.2) is 35.4 Å². The Kier molecular flexibility index (Phi) is 4.99. The molecule has 3 rings (SSSR count). The van der Waals surface area contributed by atoms with E-state index in [-0.39, 0.29) is 24.5 Å². The summed E-state index contributed by atoms with van der Waals surface area (Å²) in [6.07, 6.45) is 2.56. The average molecular weight is 356 g/mol. The second kappa shape index (κ2) is 7.19.